The second-order valence-corrected chi connectivity index (χ2v) is 4.90. The molecule has 1 heterocycles. The number of halogens is 1. The molecule has 0 bridgehead atoms. The van der Waals surface area contributed by atoms with Crippen molar-refractivity contribution in [3.05, 3.63) is 44.7 Å². The normalized spacial score (nSPS) is 10.9. The lowest BCUT2D eigenvalue weighted by atomic mass is 10.1. The Morgan fingerprint density at radius 1 is 1.42 bits per heavy atom. The second kappa shape index (κ2) is 5.05. The highest BCUT2D eigenvalue weighted by Crippen LogP contribution is 2.22. The lowest BCUT2D eigenvalue weighted by Crippen LogP contribution is -2.19. The van der Waals surface area contributed by atoms with Crippen LogP contribution < -0.4 is 5.43 Å². The van der Waals surface area contributed by atoms with Crippen LogP contribution in [0.1, 0.15) is 29.3 Å². The average Bonchev–Trinajstić information content (AvgIpc) is 2.35. The lowest BCUT2D eigenvalue weighted by Gasteiger charge is -2.12. The van der Waals surface area contributed by atoms with Gasteiger partial charge in [0.15, 0.2) is 0 Å². The van der Waals surface area contributed by atoms with Crippen molar-refractivity contribution in [1.82, 2.24) is 4.57 Å². The van der Waals surface area contributed by atoms with Gasteiger partial charge in [-0.25, -0.2) is 4.79 Å². The van der Waals surface area contributed by atoms with Crippen LogP contribution in [0.5, 0.6) is 0 Å². The minimum Gasteiger partial charge on any atom is -0.477 e. The van der Waals surface area contributed by atoms with E-state index in [1.54, 1.807) is 23.6 Å². The molecular formula is C14H14ClNO3. The van der Waals surface area contributed by atoms with Crippen LogP contribution in [-0.4, -0.2) is 15.6 Å². The van der Waals surface area contributed by atoms with E-state index >= 15 is 0 Å². The van der Waals surface area contributed by atoms with Crippen molar-refractivity contribution in [2.45, 2.75) is 26.8 Å². The van der Waals surface area contributed by atoms with E-state index in [2.05, 4.69) is 0 Å². The molecule has 2 rings (SSSR count). The molecule has 2 aromatic rings. The molecule has 5 heteroatoms. The first kappa shape index (κ1) is 13.6. The zero-order chi connectivity index (χ0) is 14.2. The van der Waals surface area contributed by atoms with Gasteiger partial charge in [-0.1, -0.05) is 18.5 Å². The summed E-state index contributed by atoms with van der Waals surface area (Å²) in [6, 6.07) is 3.37. The molecule has 19 heavy (non-hydrogen) atoms. The Balaban J connectivity index is 2.92. The molecule has 0 aliphatic rings. The Kier molecular flexibility index (Phi) is 3.62. The molecule has 1 aromatic heterocycles. The Morgan fingerprint density at radius 2 is 2.11 bits per heavy atom. The zero-order valence-corrected chi connectivity index (χ0v) is 11.5. The predicted molar refractivity (Wildman–Crippen MR) is 75.2 cm³/mol. The highest BCUT2D eigenvalue weighted by Gasteiger charge is 2.15. The fourth-order valence-electron chi connectivity index (χ4n) is 2.10. The van der Waals surface area contributed by atoms with E-state index in [0.717, 1.165) is 12.0 Å². The van der Waals surface area contributed by atoms with Gasteiger partial charge in [-0.15, -0.1) is 0 Å². The van der Waals surface area contributed by atoms with E-state index in [4.69, 9.17) is 16.7 Å². The van der Waals surface area contributed by atoms with Crippen LogP contribution >= 0.6 is 11.6 Å². The van der Waals surface area contributed by atoms with Crippen LogP contribution in [0.4, 0.5) is 0 Å². The van der Waals surface area contributed by atoms with Gasteiger partial charge in [-0.05, 0) is 31.0 Å². The molecule has 0 atom stereocenters. The highest BCUT2D eigenvalue weighted by atomic mass is 35.5. The topological polar surface area (TPSA) is 59.3 Å². The number of nitrogens with zero attached hydrogens (tertiary/aromatic N) is 1. The Hall–Kier alpha value is -1.81. The van der Waals surface area contributed by atoms with Crippen LogP contribution in [0.2, 0.25) is 5.02 Å². The molecule has 0 fully saturated rings. The Bertz CT molecular complexity index is 719. The molecule has 100 valence electrons. The number of aromatic carboxylic acids is 1. The quantitative estimate of drug-likeness (QED) is 0.939. The SMILES string of the molecule is CCCn1cc(C(=O)O)c(=O)c2cc(C)c(Cl)cc21. The zero-order valence-electron chi connectivity index (χ0n) is 10.7. The Morgan fingerprint density at radius 3 is 2.68 bits per heavy atom. The van der Waals surface area contributed by atoms with E-state index in [1.807, 2.05) is 6.92 Å². The molecule has 0 aliphatic heterocycles. The number of carboxylic acid groups (broad SMARTS) is 1. The van der Waals surface area contributed by atoms with Gasteiger partial charge in [0, 0.05) is 23.2 Å². The van der Waals surface area contributed by atoms with Crippen molar-refractivity contribution in [1.29, 1.82) is 0 Å². The monoisotopic (exact) mass is 279 g/mol. The number of pyridine rings is 1. The number of benzene rings is 1. The maximum absolute atomic E-state index is 12.2. The van der Waals surface area contributed by atoms with E-state index in [9.17, 15) is 9.59 Å². The second-order valence-electron chi connectivity index (χ2n) is 4.49. The van der Waals surface area contributed by atoms with Crippen molar-refractivity contribution in [3.8, 4) is 0 Å². The Labute approximate surface area is 115 Å². The summed E-state index contributed by atoms with van der Waals surface area (Å²) in [5, 5.41) is 10.1. The van der Waals surface area contributed by atoms with Gasteiger partial charge in [-0.2, -0.15) is 0 Å². The van der Waals surface area contributed by atoms with Crippen molar-refractivity contribution < 1.29 is 9.90 Å². The first-order chi connectivity index (χ1) is 8.95. The largest absolute Gasteiger partial charge is 0.477 e. The predicted octanol–water partition coefficient (Wildman–Crippen LogP) is 3.07. The molecular weight excluding hydrogens is 266 g/mol. The summed E-state index contributed by atoms with van der Waals surface area (Å²) in [7, 11) is 0. The lowest BCUT2D eigenvalue weighted by molar-refractivity contribution is 0.0695. The first-order valence-corrected chi connectivity index (χ1v) is 6.40. The van der Waals surface area contributed by atoms with E-state index in [0.29, 0.717) is 22.5 Å². The maximum Gasteiger partial charge on any atom is 0.341 e. The van der Waals surface area contributed by atoms with Crippen molar-refractivity contribution >= 4 is 28.5 Å². The minimum atomic E-state index is -1.20. The third-order valence-corrected chi connectivity index (χ3v) is 3.46. The number of hydrogen-bond donors (Lipinski definition) is 1. The summed E-state index contributed by atoms with van der Waals surface area (Å²) in [5.74, 6) is -1.20. The molecule has 0 amide bonds. The number of carbonyl (C=O) groups is 1. The average molecular weight is 280 g/mol. The van der Waals surface area contributed by atoms with Crippen molar-refractivity contribution in [3.63, 3.8) is 0 Å². The third kappa shape index (κ3) is 2.36. The molecule has 0 radical (unpaired) electrons. The summed E-state index contributed by atoms with van der Waals surface area (Å²) in [6.45, 7) is 4.41. The van der Waals surface area contributed by atoms with Crippen LogP contribution in [0.25, 0.3) is 10.9 Å². The molecule has 0 unspecified atom stereocenters. The van der Waals surface area contributed by atoms with Gasteiger partial charge >= 0.3 is 5.97 Å². The van der Waals surface area contributed by atoms with Crippen LogP contribution in [0, 0.1) is 6.92 Å². The van der Waals surface area contributed by atoms with Crippen LogP contribution in [0.3, 0.4) is 0 Å². The maximum atomic E-state index is 12.2. The van der Waals surface area contributed by atoms with Crippen molar-refractivity contribution in [2.24, 2.45) is 0 Å². The van der Waals surface area contributed by atoms with Gasteiger partial charge in [-0.3, -0.25) is 4.79 Å². The van der Waals surface area contributed by atoms with Gasteiger partial charge < -0.3 is 9.67 Å². The van der Waals surface area contributed by atoms with Crippen LogP contribution in [-0.2, 0) is 6.54 Å². The first-order valence-electron chi connectivity index (χ1n) is 6.02. The van der Waals surface area contributed by atoms with Gasteiger partial charge in [0.25, 0.3) is 0 Å². The van der Waals surface area contributed by atoms with E-state index < -0.39 is 11.4 Å². The standard InChI is InChI=1S/C14H14ClNO3/c1-3-4-16-7-10(14(18)19)13(17)9-5-8(2)11(15)6-12(9)16/h5-7H,3-4H2,1-2H3,(H,18,19). The fourth-order valence-corrected chi connectivity index (χ4v) is 2.26. The molecule has 0 aliphatic carbocycles. The van der Waals surface area contributed by atoms with E-state index in [1.165, 1.54) is 6.20 Å². The van der Waals surface area contributed by atoms with Gasteiger partial charge in [0.2, 0.25) is 5.43 Å². The molecule has 0 spiro atoms. The summed E-state index contributed by atoms with van der Waals surface area (Å²) < 4.78 is 1.77. The third-order valence-electron chi connectivity index (χ3n) is 3.06. The highest BCUT2D eigenvalue weighted by molar-refractivity contribution is 6.32. The molecule has 1 aromatic carbocycles. The van der Waals surface area contributed by atoms with Gasteiger partial charge in [0.05, 0.1) is 5.52 Å². The van der Waals surface area contributed by atoms with Gasteiger partial charge in [0.1, 0.15) is 5.56 Å². The number of rotatable bonds is 3. The molecule has 1 N–H and O–H groups in total. The summed E-state index contributed by atoms with van der Waals surface area (Å²) >= 11 is 6.08. The number of aromatic nitrogens is 1. The van der Waals surface area contributed by atoms with Crippen molar-refractivity contribution in [2.75, 3.05) is 0 Å². The van der Waals surface area contributed by atoms with Crippen LogP contribution in [0.15, 0.2) is 23.1 Å². The summed E-state index contributed by atoms with van der Waals surface area (Å²) in [5.41, 5.74) is 0.765. The molecule has 0 saturated carbocycles. The smallest absolute Gasteiger partial charge is 0.341 e. The number of hydrogen-bond acceptors (Lipinski definition) is 2. The minimum absolute atomic E-state index is 0.206. The van der Waals surface area contributed by atoms with E-state index in [-0.39, 0.29) is 5.56 Å². The summed E-state index contributed by atoms with van der Waals surface area (Å²) in [6.07, 6.45) is 2.23. The fraction of sp³-hybridized carbons (Fsp3) is 0.286. The number of fused-ring (bicyclic) bond motifs is 1. The number of carboxylic acids is 1. The number of aryl methyl sites for hydroxylation is 2. The molecule has 0 saturated heterocycles. The molecule has 4 nitrogen and oxygen atoms in total. The summed E-state index contributed by atoms with van der Waals surface area (Å²) in [4.78, 5) is 23.3.